The van der Waals surface area contributed by atoms with Gasteiger partial charge in [0.25, 0.3) is 0 Å². The van der Waals surface area contributed by atoms with E-state index in [-0.39, 0.29) is 24.0 Å². The van der Waals surface area contributed by atoms with Gasteiger partial charge in [0.1, 0.15) is 6.26 Å². The molecule has 3 heterocycles. The Bertz CT molecular complexity index is 773. The molecule has 29 heavy (non-hydrogen) atoms. The average molecular weight is 509 g/mol. The molecule has 2 aromatic rings. The number of guanidine groups is 1. The van der Waals surface area contributed by atoms with Crippen molar-refractivity contribution in [2.24, 2.45) is 10.9 Å². The highest BCUT2D eigenvalue weighted by molar-refractivity contribution is 14.0. The number of halogens is 1. The Hall–Kier alpha value is -1.61. The van der Waals surface area contributed by atoms with Crippen LogP contribution in [-0.2, 0) is 6.54 Å². The molecule has 1 aromatic heterocycles. The summed E-state index contributed by atoms with van der Waals surface area (Å²) in [5, 5.41) is 3.46. The number of hydrogen-bond acceptors (Lipinski definition) is 4. The van der Waals surface area contributed by atoms with Crippen molar-refractivity contribution in [1.29, 1.82) is 0 Å². The van der Waals surface area contributed by atoms with Gasteiger partial charge in [-0.25, -0.2) is 4.98 Å². The summed E-state index contributed by atoms with van der Waals surface area (Å²) in [5.74, 6) is 2.37. The molecule has 2 fully saturated rings. The van der Waals surface area contributed by atoms with Gasteiger partial charge in [0, 0.05) is 32.2 Å². The normalized spacial score (nSPS) is 20.5. The van der Waals surface area contributed by atoms with Crippen LogP contribution in [0.3, 0.4) is 0 Å². The Morgan fingerprint density at radius 3 is 2.72 bits per heavy atom. The number of rotatable bonds is 5. The molecule has 2 saturated heterocycles. The maximum Gasteiger partial charge on any atom is 0.226 e. The summed E-state index contributed by atoms with van der Waals surface area (Å²) in [5.41, 5.74) is 1.89. The molecule has 1 atom stereocenters. The Kier molecular flexibility index (Phi) is 8.35. The summed E-state index contributed by atoms with van der Waals surface area (Å²) in [6, 6.07) is 10.00. The van der Waals surface area contributed by atoms with Crippen LogP contribution in [0.1, 0.15) is 31.4 Å². The van der Waals surface area contributed by atoms with Crippen LogP contribution in [0.4, 0.5) is 0 Å². The van der Waals surface area contributed by atoms with Gasteiger partial charge in [0.15, 0.2) is 5.96 Å². The molecule has 1 N–H and O–H groups in total. The van der Waals surface area contributed by atoms with Gasteiger partial charge < -0.3 is 19.5 Å². The lowest BCUT2D eigenvalue weighted by atomic mass is 10.1. The van der Waals surface area contributed by atoms with Gasteiger partial charge in [0.05, 0.1) is 12.2 Å². The first kappa shape index (κ1) is 22.1. The number of nitrogens with one attached hydrogen (secondary N) is 1. The maximum absolute atomic E-state index is 5.63. The van der Waals surface area contributed by atoms with Crippen molar-refractivity contribution in [2.75, 3.05) is 39.8 Å². The molecule has 0 aliphatic carbocycles. The van der Waals surface area contributed by atoms with Crippen molar-refractivity contribution in [1.82, 2.24) is 20.1 Å². The van der Waals surface area contributed by atoms with Crippen molar-refractivity contribution in [2.45, 2.75) is 32.2 Å². The van der Waals surface area contributed by atoms with E-state index >= 15 is 0 Å². The monoisotopic (exact) mass is 509 g/mol. The fourth-order valence-corrected chi connectivity index (χ4v) is 4.28. The van der Waals surface area contributed by atoms with E-state index in [1.54, 1.807) is 6.26 Å². The number of benzene rings is 1. The van der Waals surface area contributed by atoms with Crippen LogP contribution in [0, 0.1) is 5.92 Å². The van der Waals surface area contributed by atoms with Crippen LogP contribution in [0.5, 0.6) is 0 Å². The van der Waals surface area contributed by atoms with E-state index in [9.17, 15) is 0 Å². The van der Waals surface area contributed by atoms with E-state index in [1.165, 1.54) is 45.3 Å². The molecule has 1 unspecified atom stereocenters. The summed E-state index contributed by atoms with van der Waals surface area (Å²) in [6.45, 7) is 6.57. The number of piperidine rings is 1. The summed E-state index contributed by atoms with van der Waals surface area (Å²) >= 11 is 0. The smallest absolute Gasteiger partial charge is 0.226 e. The minimum Gasteiger partial charge on any atom is -0.444 e. The van der Waals surface area contributed by atoms with Gasteiger partial charge in [-0.15, -0.1) is 24.0 Å². The molecule has 0 saturated carbocycles. The third kappa shape index (κ3) is 5.94. The zero-order valence-electron chi connectivity index (χ0n) is 17.2. The molecule has 0 spiro atoms. The number of likely N-dealkylation sites (tertiary alicyclic amines) is 2. The minimum atomic E-state index is 0. The molecule has 6 nitrogen and oxygen atoms in total. The zero-order valence-corrected chi connectivity index (χ0v) is 19.5. The molecule has 2 aliphatic rings. The second kappa shape index (κ2) is 11.0. The predicted octanol–water partition coefficient (Wildman–Crippen LogP) is 3.84. The summed E-state index contributed by atoms with van der Waals surface area (Å²) in [7, 11) is 1.86. The van der Waals surface area contributed by atoms with Gasteiger partial charge in [-0.1, -0.05) is 24.6 Å². The van der Waals surface area contributed by atoms with Crippen LogP contribution < -0.4 is 5.32 Å². The van der Waals surface area contributed by atoms with E-state index in [2.05, 4.69) is 25.1 Å². The zero-order chi connectivity index (χ0) is 19.2. The fourth-order valence-electron chi connectivity index (χ4n) is 4.28. The van der Waals surface area contributed by atoms with E-state index in [0.717, 1.165) is 36.2 Å². The Morgan fingerprint density at radius 2 is 1.97 bits per heavy atom. The number of nitrogens with zero attached hydrogens (tertiary/aromatic N) is 4. The van der Waals surface area contributed by atoms with Crippen LogP contribution in [0.15, 0.2) is 46.0 Å². The number of hydrogen-bond donors (Lipinski definition) is 1. The number of oxazole rings is 1. The molecule has 1 aromatic carbocycles. The standard InChI is InChI=1S/C22H31N5O.HI/c1-23-22(27-13-10-18(16-27)15-26-11-6-3-7-12-26)24-14-20-17-28-21(25-20)19-8-4-2-5-9-19;/h2,4-5,8-9,17-18H,3,6-7,10-16H2,1H3,(H,23,24);1H. The maximum atomic E-state index is 5.63. The third-order valence-electron chi connectivity index (χ3n) is 5.76. The lowest BCUT2D eigenvalue weighted by Crippen LogP contribution is -2.41. The van der Waals surface area contributed by atoms with Gasteiger partial charge in [0.2, 0.25) is 5.89 Å². The molecule has 4 rings (SSSR count). The first-order valence-corrected chi connectivity index (χ1v) is 10.5. The first-order chi connectivity index (χ1) is 13.8. The SMILES string of the molecule is CN=C(NCc1coc(-c2ccccc2)n1)N1CCC(CN2CCCCC2)C1.I. The van der Waals surface area contributed by atoms with Crippen LogP contribution in [-0.4, -0.2) is 60.5 Å². The highest BCUT2D eigenvalue weighted by Crippen LogP contribution is 2.20. The largest absolute Gasteiger partial charge is 0.444 e. The predicted molar refractivity (Wildman–Crippen MR) is 128 cm³/mol. The van der Waals surface area contributed by atoms with Crippen molar-refractivity contribution in [3.05, 3.63) is 42.3 Å². The lowest BCUT2D eigenvalue weighted by molar-refractivity contribution is 0.198. The Morgan fingerprint density at radius 1 is 1.17 bits per heavy atom. The van der Waals surface area contributed by atoms with Crippen LogP contribution >= 0.6 is 24.0 Å². The molecular weight excluding hydrogens is 477 g/mol. The summed E-state index contributed by atoms with van der Waals surface area (Å²) in [4.78, 5) is 14.1. The highest BCUT2D eigenvalue weighted by atomic mass is 127. The van der Waals surface area contributed by atoms with Crippen molar-refractivity contribution < 1.29 is 4.42 Å². The Labute approximate surface area is 190 Å². The van der Waals surface area contributed by atoms with Crippen LogP contribution in [0.25, 0.3) is 11.5 Å². The molecular formula is C22H32IN5O. The van der Waals surface area contributed by atoms with E-state index < -0.39 is 0 Å². The Balaban J connectivity index is 0.00000240. The fraction of sp³-hybridized carbons (Fsp3) is 0.545. The van der Waals surface area contributed by atoms with Crippen molar-refractivity contribution in [3.63, 3.8) is 0 Å². The van der Waals surface area contributed by atoms with Crippen LogP contribution in [0.2, 0.25) is 0 Å². The lowest BCUT2D eigenvalue weighted by Gasteiger charge is -2.29. The van der Waals surface area contributed by atoms with Crippen molar-refractivity contribution in [3.8, 4) is 11.5 Å². The molecule has 0 bridgehead atoms. The second-order valence-corrected chi connectivity index (χ2v) is 7.87. The van der Waals surface area contributed by atoms with Gasteiger partial charge in [-0.3, -0.25) is 4.99 Å². The number of aliphatic imine (C=N–C) groups is 1. The van der Waals surface area contributed by atoms with Crippen molar-refractivity contribution >= 4 is 29.9 Å². The number of aromatic nitrogens is 1. The minimum absolute atomic E-state index is 0. The average Bonchev–Trinajstić information content (AvgIpc) is 3.40. The van der Waals surface area contributed by atoms with E-state index in [0.29, 0.717) is 12.4 Å². The molecule has 0 radical (unpaired) electrons. The molecule has 158 valence electrons. The third-order valence-corrected chi connectivity index (χ3v) is 5.76. The highest BCUT2D eigenvalue weighted by Gasteiger charge is 2.27. The van der Waals surface area contributed by atoms with E-state index in [4.69, 9.17) is 4.42 Å². The first-order valence-electron chi connectivity index (χ1n) is 10.5. The van der Waals surface area contributed by atoms with E-state index in [1.807, 2.05) is 37.4 Å². The van der Waals surface area contributed by atoms with Gasteiger partial charge in [-0.2, -0.15) is 0 Å². The molecule has 0 amide bonds. The topological polar surface area (TPSA) is 56.9 Å². The quantitative estimate of drug-likeness (QED) is 0.377. The van der Waals surface area contributed by atoms with Gasteiger partial charge >= 0.3 is 0 Å². The second-order valence-electron chi connectivity index (χ2n) is 7.87. The summed E-state index contributed by atoms with van der Waals surface area (Å²) in [6.07, 6.45) is 7.10. The molecule has 7 heteroatoms. The molecule has 2 aliphatic heterocycles. The summed E-state index contributed by atoms with van der Waals surface area (Å²) < 4.78 is 5.63. The van der Waals surface area contributed by atoms with Gasteiger partial charge in [-0.05, 0) is 50.4 Å².